The van der Waals surface area contributed by atoms with Gasteiger partial charge in [-0.25, -0.2) is 4.79 Å². The van der Waals surface area contributed by atoms with Crippen molar-refractivity contribution in [2.75, 3.05) is 131 Å². The van der Waals surface area contributed by atoms with Crippen molar-refractivity contribution in [1.29, 1.82) is 0 Å². The summed E-state index contributed by atoms with van der Waals surface area (Å²) < 4.78 is 18.8. The lowest BCUT2D eigenvalue weighted by Gasteiger charge is -2.63. The highest BCUT2D eigenvalue weighted by Crippen LogP contribution is 2.68. The predicted molar refractivity (Wildman–Crippen MR) is 366 cm³/mol. The molecule has 5 aliphatic carbocycles. The van der Waals surface area contributed by atoms with Crippen molar-refractivity contribution in [3.8, 4) is 0 Å². The Morgan fingerprint density at radius 2 is 0.867 bits per heavy atom. The summed E-state index contributed by atoms with van der Waals surface area (Å²) in [5.41, 5.74) is -0.712. The lowest BCUT2D eigenvalue weighted by Crippen LogP contribution is -2.62. The molecule has 1 amide bonds. The Hall–Kier alpha value is -7.04. The lowest BCUT2D eigenvalue weighted by molar-refractivity contribution is -0.207. The number of ether oxygens (including phenoxy) is 3. The van der Waals surface area contributed by atoms with Crippen LogP contribution in [0.25, 0.3) is 0 Å². The average molecular weight is 1500 g/mol. The van der Waals surface area contributed by atoms with Gasteiger partial charge in [0.05, 0.1) is 90.2 Å². The summed E-state index contributed by atoms with van der Waals surface area (Å²) in [7, 11) is 0. The van der Waals surface area contributed by atoms with Gasteiger partial charge in [-0.1, -0.05) is 33.6 Å². The van der Waals surface area contributed by atoms with Crippen molar-refractivity contribution in [3.63, 3.8) is 0 Å². The molecule has 37 nitrogen and oxygen atoms in total. The van der Waals surface area contributed by atoms with Crippen LogP contribution in [0.1, 0.15) is 130 Å². The average Bonchev–Trinajstić information content (AvgIpc) is 1.52. The van der Waals surface area contributed by atoms with Crippen molar-refractivity contribution in [2.24, 2.45) is 46.3 Å². The molecule has 5 saturated carbocycles. The number of aliphatic hydroxyl groups excluding tert-OH is 2. The minimum absolute atomic E-state index is 0.00650. The topological polar surface area (TPSA) is 551 Å². The van der Waals surface area contributed by atoms with E-state index in [0.29, 0.717) is 77.3 Å². The van der Waals surface area contributed by atoms with E-state index in [0.717, 1.165) is 32.4 Å². The molecule has 0 spiro atoms. The number of amides is 1. The molecular weight excluding hydrogens is 1390 g/mol. The van der Waals surface area contributed by atoms with Gasteiger partial charge < -0.3 is 85.9 Å². The number of unbranched alkanes of at least 4 members (excludes halogenated alkanes) is 2. The summed E-state index contributed by atoms with van der Waals surface area (Å²) in [5, 5.41) is 139. The van der Waals surface area contributed by atoms with Crippen LogP contribution in [0.4, 0.5) is 4.79 Å². The number of aliphatic carboxylic acids is 11. The first-order valence-corrected chi connectivity index (χ1v) is 36.3. The monoisotopic (exact) mass is 1500 g/mol. The second kappa shape index (κ2) is 43.1. The summed E-state index contributed by atoms with van der Waals surface area (Å²) in [6.45, 7) is 0.0294. The van der Waals surface area contributed by atoms with E-state index < -0.39 is 178 Å². The third-order valence-corrected chi connectivity index (χ3v) is 22.5. The number of nitrogens with one attached hydrogen (secondary N) is 3. The molecule has 0 aromatic heterocycles. The van der Waals surface area contributed by atoms with E-state index in [-0.39, 0.29) is 139 Å². The second-order valence-corrected chi connectivity index (χ2v) is 29.6. The normalized spacial score (nSPS) is 26.6. The number of carbonyl (C=O) groups excluding carboxylic acids is 1. The van der Waals surface area contributed by atoms with E-state index in [9.17, 15) is 124 Å². The van der Waals surface area contributed by atoms with Crippen molar-refractivity contribution >= 4 is 71.8 Å². The molecular formula is C68H113N9O28. The first-order chi connectivity index (χ1) is 49.5. The van der Waals surface area contributed by atoms with Gasteiger partial charge in [-0.15, -0.1) is 0 Å². The molecule has 0 aromatic carbocycles. The Kier molecular flexibility index (Phi) is 36.3. The largest absolute Gasteiger partial charge is 0.481 e. The summed E-state index contributed by atoms with van der Waals surface area (Å²) in [5.74, 6) is -13.8. The summed E-state index contributed by atoms with van der Waals surface area (Å²) >= 11 is 0. The first-order valence-electron chi connectivity index (χ1n) is 36.3. The molecule has 598 valence electrons. The zero-order valence-electron chi connectivity index (χ0n) is 60.4. The van der Waals surface area contributed by atoms with Gasteiger partial charge in [-0.2, -0.15) is 0 Å². The highest BCUT2D eigenvalue weighted by molar-refractivity contribution is 5.76. The molecule has 0 heterocycles. The third-order valence-electron chi connectivity index (χ3n) is 22.5. The maximum absolute atomic E-state index is 13.9. The van der Waals surface area contributed by atoms with Gasteiger partial charge in [0.25, 0.3) is 0 Å². The van der Waals surface area contributed by atoms with Gasteiger partial charge in [-0.05, 0) is 149 Å². The molecule has 0 aliphatic heterocycles. The molecule has 0 bridgehead atoms. The number of nitrogens with zero attached hydrogens (tertiary/aromatic N) is 6. The molecule has 5 fully saturated rings. The first kappa shape index (κ1) is 88.6. The zero-order valence-corrected chi connectivity index (χ0v) is 60.4. The number of carbonyl (C=O) groups is 12. The second-order valence-electron chi connectivity index (χ2n) is 29.6. The molecule has 0 radical (unpaired) electrons. The SMILES string of the molecule is CC(CCC(=O)O)C1CC[C@@H]2C3C(C[C@H](O)[C@]12C)[C@@]1(C)CCC(OC(=O)NC2CC(OCNCCCC[C@@H](C(=O)O)N(CCN(CC(=O)O)CC(=O)O)CCN(CC(=O)O)CC(=O)O)C(OCNCCCC[C@@H](C(=O)O)N(CCN(CC(=O)O)CC(=O)O)CCN(CC(=O)O)CC(=O)O)C2)C[C@H]1C[C@H]3O. The van der Waals surface area contributed by atoms with Crippen LogP contribution in [-0.4, -0.2) is 347 Å². The summed E-state index contributed by atoms with van der Waals surface area (Å²) in [4.78, 5) is 151. The number of hydrogen-bond acceptors (Lipinski definition) is 25. The Labute approximate surface area is 609 Å². The maximum Gasteiger partial charge on any atom is 0.407 e. The molecule has 0 aromatic rings. The smallest absolute Gasteiger partial charge is 0.407 e. The van der Waals surface area contributed by atoms with Gasteiger partial charge in [0, 0.05) is 64.8 Å². The molecule has 0 saturated heterocycles. The van der Waals surface area contributed by atoms with Gasteiger partial charge in [0.1, 0.15) is 18.2 Å². The van der Waals surface area contributed by atoms with Crippen LogP contribution in [0.15, 0.2) is 0 Å². The highest BCUT2D eigenvalue weighted by atomic mass is 16.6. The minimum atomic E-state index is -1.33. The van der Waals surface area contributed by atoms with E-state index >= 15 is 0 Å². The predicted octanol–water partition coefficient (Wildman–Crippen LogP) is -0.0546. The van der Waals surface area contributed by atoms with Crippen LogP contribution in [0.3, 0.4) is 0 Å². The van der Waals surface area contributed by atoms with E-state index in [1.54, 1.807) is 0 Å². The Balaban J connectivity index is 1.23. The quantitative estimate of drug-likeness (QED) is 0.0280. The molecule has 16 N–H and O–H groups in total. The lowest BCUT2D eigenvalue weighted by atomic mass is 9.43. The number of carboxylic acids is 11. The van der Waals surface area contributed by atoms with Crippen LogP contribution in [-0.2, 0) is 67.0 Å². The van der Waals surface area contributed by atoms with Gasteiger partial charge in [0.2, 0.25) is 0 Å². The Bertz CT molecular complexity index is 2630. The van der Waals surface area contributed by atoms with Crippen LogP contribution in [0.5, 0.6) is 0 Å². The highest BCUT2D eigenvalue weighted by Gasteiger charge is 2.66. The summed E-state index contributed by atoms with van der Waals surface area (Å²) in [6.07, 6.45) is 3.38. The zero-order chi connectivity index (χ0) is 77.9. The van der Waals surface area contributed by atoms with Gasteiger partial charge in [0.15, 0.2) is 0 Å². The van der Waals surface area contributed by atoms with Gasteiger partial charge >= 0.3 is 71.8 Å². The third kappa shape index (κ3) is 28.6. The van der Waals surface area contributed by atoms with Crippen LogP contribution >= 0.6 is 0 Å². The molecule has 7 unspecified atom stereocenters. The van der Waals surface area contributed by atoms with E-state index in [1.807, 2.05) is 0 Å². The standard InChI is InChI=1S/C68H113N9O28/c1-41(10-13-54(80)81)45-11-12-46-63-47(30-53(79)68(45,46)3)67(2)15-14-44(26-42(67)27-50(63)78)105-66(102)71-43-28-51(103-39-69-16-6-4-8-48(64(98)99)76(22-18-72(31-55(82)83)32-56(84)85)23-19-73(33-57(86)87)34-58(88)89)52(29-43)104-40-70-17-7-5-9-49(65(100)101)77(24-20-74(35-59(90)91)36-60(92)93)25-21-75(37-61(94)95)38-62(96)97/h41-53,63,69-70,78-79H,4-40H2,1-3H3,(H,71,102)(H,80,81)(H,82,83)(H,84,85)(H,86,87)(H,88,89)(H,90,91)(H,92,93)(H,94,95)(H,96,97)(H,98,99)(H,100,101)/t41?,42-,43?,44?,45?,46+,47?,48-,49-,50+,51?,52?,53-,63?,67-,68+/m0/s1. The molecule has 15 atom stereocenters. The van der Waals surface area contributed by atoms with Crippen molar-refractivity contribution in [1.82, 2.24) is 45.3 Å². The van der Waals surface area contributed by atoms with Crippen molar-refractivity contribution < 1.29 is 138 Å². The number of hydrogen-bond donors (Lipinski definition) is 16. The number of alkyl carbamates (subject to hydrolysis) is 1. The van der Waals surface area contributed by atoms with Crippen LogP contribution in [0.2, 0.25) is 0 Å². The number of carboxylic acid groups (broad SMARTS) is 11. The van der Waals surface area contributed by atoms with E-state index in [2.05, 4.69) is 36.7 Å². The number of aliphatic hydroxyl groups is 2. The van der Waals surface area contributed by atoms with Crippen molar-refractivity contribution in [2.45, 2.75) is 179 Å². The number of rotatable bonds is 54. The van der Waals surface area contributed by atoms with Crippen molar-refractivity contribution in [3.05, 3.63) is 0 Å². The fraction of sp³-hybridized carbons (Fsp3) is 0.824. The molecule has 5 rings (SSSR count). The molecule has 37 heteroatoms. The van der Waals surface area contributed by atoms with E-state index in [1.165, 1.54) is 9.80 Å². The van der Waals surface area contributed by atoms with Crippen LogP contribution in [0, 0.1) is 46.3 Å². The summed E-state index contributed by atoms with van der Waals surface area (Å²) in [6, 6.07) is -2.99. The Morgan fingerprint density at radius 3 is 1.24 bits per heavy atom. The fourth-order valence-corrected chi connectivity index (χ4v) is 17.4. The van der Waals surface area contributed by atoms with Crippen LogP contribution < -0.4 is 16.0 Å². The fourth-order valence-electron chi connectivity index (χ4n) is 17.4. The van der Waals surface area contributed by atoms with E-state index in [4.69, 9.17) is 14.2 Å². The molecule has 5 aliphatic rings. The maximum atomic E-state index is 13.9. The molecule has 105 heavy (non-hydrogen) atoms. The Morgan fingerprint density at radius 1 is 0.467 bits per heavy atom. The minimum Gasteiger partial charge on any atom is -0.481 e. The van der Waals surface area contributed by atoms with Gasteiger partial charge in [-0.3, -0.25) is 92.8 Å². The number of fused-ring (bicyclic) bond motifs is 5.